The largest absolute Gasteiger partial charge is 0.423 e. The van der Waals surface area contributed by atoms with E-state index >= 15 is 0 Å². The Morgan fingerprint density at radius 2 is 1.76 bits per heavy atom. The molecule has 4 aromatic rings. The van der Waals surface area contributed by atoms with Crippen LogP contribution >= 0.6 is 22.9 Å². The highest BCUT2D eigenvalue weighted by atomic mass is 35.5. The van der Waals surface area contributed by atoms with Crippen molar-refractivity contribution in [2.75, 3.05) is 10.0 Å². The molecule has 0 bridgehead atoms. The molecule has 33 heavy (non-hydrogen) atoms. The number of aromatic nitrogens is 2. The third-order valence-corrected chi connectivity index (χ3v) is 8.18. The molecule has 4 rings (SSSR count). The second-order valence-electron chi connectivity index (χ2n) is 6.63. The van der Waals surface area contributed by atoms with Crippen molar-refractivity contribution in [3.63, 3.8) is 0 Å². The summed E-state index contributed by atoms with van der Waals surface area (Å²) < 4.78 is 54.4. The molecular weight excluding hydrogens is 514 g/mol. The quantitative estimate of drug-likeness (QED) is 0.304. The Labute approximate surface area is 196 Å². The van der Waals surface area contributed by atoms with Gasteiger partial charge in [-0.05, 0) is 42.0 Å². The molecule has 172 valence electrons. The minimum absolute atomic E-state index is 0.0825. The lowest BCUT2D eigenvalue weighted by molar-refractivity contribution is 0.559. The number of benzene rings is 2. The Balaban J connectivity index is 1.49. The molecule has 0 atom stereocenters. The molecule has 4 N–H and O–H groups in total. The molecule has 0 saturated heterocycles. The van der Waals surface area contributed by atoms with Gasteiger partial charge in [-0.1, -0.05) is 22.9 Å². The summed E-state index contributed by atoms with van der Waals surface area (Å²) in [7, 11) is -8.13. The first-order valence-corrected chi connectivity index (χ1v) is 13.2. The smallest absolute Gasteiger partial charge is 0.336 e. The fourth-order valence-corrected chi connectivity index (χ4v) is 5.56. The van der Waals surface area contributed by atoms with Crippen molar-refractivity contribution >= 4 is 64.8 Å². The van der Waals surface area contributed by atoms with Gasteiger partial charge in [0.15, 0.2) is 0 Å². The Morgan fingerprint density at radius 3 is 2.42 bits per heavy atom. The van der Waals surface area contributed by atoms with Gasteiger partial charge in [-0.15, -0.1) is 10.2 Å². The molecule has 2 aromatic carbocycles. The van der Waals surface area contributed by atoms with E-state index in [1.54, 1.807) is 18.2 Å². The van der Waals surface area contributed by atoms with Crippen molar-refractivity contribution < 1.29 is 21.3 Å². The summed E-state index contributed by atoms with van der Waals surface area (Å²) in [6.45, 7) is 0.273. The second kappa shape index (κ2) is 8.72. The number of rotatable bonds is 7. The van der Waals surface area contributed by atoms with Crippen molar-refractivity contribution in [1.82, 2.24) is 10.2 Å². The molecule has 11 nitrogen and oxygen atoms in total. The minimum atomic E-state index is -4.09. The standard InChI is InChI=1S/C18H14ClN5O6S3/c19-11-1-6-14-10(7-16(25)30-15(14)8-11)9-21-12-2-4-13(5-3-12)33(28,29)24-17-22-23-18(31-17)32(20,26)27/h1-8,21H,9H2,(H,22,24)(H2,20,26,27). The van der Waals surface area contributed by atoms with E-state index in [1.807, 2.05) is 0 Å². The van der Waals surface area contributed by atoms with E-state index in [1.165, 1.54) is 30.3 Å². The van der Waals surface area contributed by atoms with Gasteiger partial charge in [0.2, 0.25) is 9.47 Å². The van der Waals surface area contributed by atoms with Gasteiger partial charge < -0.3 is 9.73 Å². The zero-order valence-electron chi connectivity index (χ0n) is 16.3. The molecule has 2 aromatic heterocycles. The zero-order valence-corrected chi connectivity index (χ0v) is 19.6. The van der Waals surface area contributed by atoms with Gasteiger partial charge in [-0.2, -0.15) is 0 Å². The summed E-state index contributed by atoms with van der Waals surface area (Å²) in [5.74, 6) is 0. The van der Waals surface area contributed by atoms with Gasteiger partial charge in [0.05, 0.1) is 4.90 Å². The molecule has 0 amide bonds. The van der Waals surface area contributed by atoms with Crippen LogP contribution < -0.4 is 20.8 Å². The van der Waals surface area contributed by atoms with E-state index in [4.69, 9.17) is 21.2 Å². The van der Waals surface area contributed by atoms with Gasteiger partial charge in [-0.25, -0.2) is 26.8 Å². The fourth-order valence-electron chi connectivity index (χ4n) is 2.84. The van der Waals surface area contributed by atoms with Gasteiger partial charge in [0, 0.05) is 34.8 Å². The molecule has 0 radical (unpaired) electrons. The predicted molar refractivity (Wildman–Crippen MR) is 123 cm³/mol. The Bertz CT molecular complexity index is 1620. The van der Waals surface area contributed by atoms with E-state index < -0.39 is 30.0 Å². The number of hydrogen-bond donors (Lipinski definition) is 3. The lowest BCUT2D eigenvalue weighted by Crippen LogP contribution is -2.13. The number of nitrogens with one attached hydrogen (secondary N) is 2. The first-order valence-electron chi connectivity index (χ1n) is 8.97. The number of anilines is 2. The molecule has 0 spiro atoms. The van der Waals surface area contributed by atoms with Gasteiger partial charge >= 0.3 is 5.63 Å². The highest BCUT2D eigenvalue weighted by Crippen LogP contribution is 2.24. The fraction of sp³-hybridized carbons (Fsp3) is 0.0556. The summed E-state index contributed by atoms with van der Waals surface area (Å²) in [5.41, 5.74) is 1.12. The number of fused-ring (bicyclic) bond motifs is 1. The van der Waals surface area contributed by atoms with E-state index in [2.05, 4.69) is 20.2 Å². The van der Waals surface area contributed by atoms with Crippen LogP contribution in [0.5, 0.6) is 0 Å². The Kier molecular flexibility index (Phi) is 6.11. The number of nitrogens with zero attached hydrogens (tertiary/aromatic N) is 2. The van der Waals surface area contributed by atoms with Crippen LogP contribution in [0.25, 0.3) is 11.0 Å². The van der Waals surface area contributed by atoms with Crippen LogP contribution in [0.1, 0.15) is 5.56 Å². The predicted octanol–water partition coefficient (Wildman–Crippen LogP) is 2.36. The van der Waals surface area contributed by atoms with Crippen LogP contribution in [0.3, 0.4) is 0 Å². The highest BCUT2D eigenvalue weighted by molar-refractivity contribution is 7.93. The number of primary sulfonamides is 1. The van der Waals surface area contributed by atoms with Gasteiger partial charge in [0.25, 0.3) is 20.0 Å². The molecule has 15 heteroatoms. The topological polar surface area (TPSA) is 174 Å². The van der Waals surface area contributed by atoms with Crippen LogP contribution in [-0.2, 0) is 26.6 Å². The minimum Gasteiger partial charge on any atom is -0.423 e. The third kappa shape index (κ3) is 5.31. The van der Waals surface area contributed by atoms with Crippen LogP contribution in [0.2, 0.25) is 5.02 Å². The lowest BCUT2D eigenvalue weighted by atomic mass is 10.1. The van der Waals surface area contributed by atoms with E-state index in [9.17, 15) is 21.6 Å². The van der Waals surface area contributed by atoms with Crippen molar-refractivity contribution in [3.8, 4) is 0 Å². The number of halogens is 1. The maximum absolute atomic E-state index is 12.5. The highest BCUT2D eigenvalue weighted by Gasteiger charge is 2.20. The first kappa shape index (κ1) is 23.1. The van der Waals surface area contributed by atoms with E-state index in [-0.39, 0.29) is 16.6 Å². The molecule has 0 unspecified atom stereocenters. The summed E-state index contributed by atoms with van der Waals surface area (Å²) in [6, 6.07) is 12.1. The Morgan fingerprint density at radius 1 is 1.03 bits per heavy atom. The zero-order chi connectivity index (χ0) is 23.8. The van der Waals surface area contributed by atoms with Gasteiger partial charge in [0.1, 0.15) is 5.58 Å². The molecule has 0 fully saturated rings. The van der Waals surface area contributed by atoms with Crippen LogP contribution in [0.4, 0.5) is 10.8 Å². The molecule has 0 saturated carbocycles. The average Bonchev–Trinajstić information content (AvgIpc) is 3.20. The number of nitrogens with two attached hydrogens (primary N) is 1. The number of hydrogen-bond acceptors (Lipinski definition) is 10. The first-order chi connectivity index (χ1) is 15.5. The van der Waals surface area contributed by atoms with Crippen LogP contribution in [0.15, 0.2) is 67.0 Å². The monoisotopic (exact) mass is 527 g/mol. The lowest BCUT2D eigenvalue weighted by Gasteiger charge is -2.10. The van der Waals surface area contributed by atoms with Crippen LogP contribution in [0, 0.1) is 0 Å². The third-order valence-electron chi connectivity index (χ3n) is 4.31. The molecule has 0 aliphatic heterocycles. The SMILES string of the molecule is NS(=O)(=O)c1nnc(NS(=O)(=O)c2ccc(NCc3cc(=O)oc4cc(Cl)ccc34)cc2)s1. The van der Waals surface area contributed by atoms with Crippen LogP contribution in [-0.4, -0.2) is 27.0 Å². The normalized spacial score (nSPS) is 12.1. The summed E-state index contributed by atoms with van der Waals surface area (Å²) in [6.07, 6.45) is 0. The van der Waals surface area contributed by atoms with Crippen molar-refractivity contribution in [2.45, 2.75) is 15.8 Å². The van der Waals surface area contributed by atoms with E-state index in [0.29, 0.717) is 38.6 Å². The summed E-state index contributed by atoms with van der Waals surface area (Å²) in [4.78, 5) is 11.7. The van der Waals surface area contributed by atoms with Crippen molar-refractivity contribution in [1.29, 1.82) is 0 Å². The van der Waals surface area contributed by atoms with Gasteiger partial charge in [-0.3, -0.25) is 4.72 Å². The Hall–Kier alpha value is -3.04. The molecule has 0 aliphatic rings. The second-order valence-corrected chi connectivity index (χ2v) is 11.5. The maximum Gasteiger partial charge on any atom is 0.336 e. The van der Waals surface area contributed by atoms with Crippen molar-refractivity contribution in [2.24, 2.45) is 5.14 Å². The van der Waals surface area contributed by atoms with E-state index in [0.717, 1.165) is 0 Å². The molecular formula is C18H14ClN5O6S3. The maximum atomic E-state index is 12.5. The van der Waals surface area contributed by atoms with Crippen molar-refractivity contribution in [3.05, 3.63) is 69.5 Å². The summed E-state index contributed by atoms with van der Waals surface area (Å²) in [5, 5.41) is 15.8. The number of sulfonamides is 2. The average molecular weight is 528 g/mol. The molecule has 2 heterocycles. The summed E-state index contributed by atoms with van der Waals surface area (Å²) >= 11 is 6.44. The molecule has 0 aliphatic carbocycles.